The fourth-order valence-corrected chi connectivity index (χ4v) is 6.85. The summed E-state index contributed by atoms with van der Waals surface area (Å²) in [5, 5.41) is 7.68. The molecule has 0 spiro atoms. The van der Waals surface area contributed by atoms with E-state index in [-0.39, 0.29) is 0 Å². The second kappa shape index (κ2) is 11.7. The molecule has 0 bridgehead atoms. The first-order valence-electron chi connectivity index (χ1n) is 16.2. The highest BCUT2D eigenvalue weighted by molar-refractivity contribution is 6.25. The third kappa shape index (κ3) is 4.90. The Balaban J connectivity index is 1.16. The molecule has 3 nitrogen and oxygen atoms in total. The van der Waals surface area contributed by atoms with Gasteiger partial charge >= 0.3 is 0 Å². The van der Waals surface area contributed by atoms with Gasteiger partial charge < -0.3 is 0 Å². The molecular weight excluding hydrogens is 583 g/mol. The fourth-order valence-electron chi connectivity index (χ4n) is 6.85. The molecule has 0 aliphatic heterocycles. The Morgan fingerprint density at radius 3 is 1.54 bits per heavy atom. The maximum atomic E-state index is 5.09. The molecule has 0 radical (unpaired) electrons. The molecule has 48 heavy (non-hydrogen) atoms. The average Bonchev–Trinajstić information content (AvgIpc) is 3.18. The number of rotatable bonds is 5. The van der Waals surface area contributed by atoms with Gasteiger partial charge in [0.1, 0.15) is 0 Å². The number of hydrogen-bond donors (Lipinski definition) is 0. The highest BCUT2D eigenvalue weighted by atomic mass is 14.9. The number of aromatic nitrogens is 3. The van der Waals surface area contributed by atoms with E-state index in [9.17, 15) is 0 Å². The van der Waals surface area contributed by atoms with Crippen molar-refractivity contribution in [1.29, 1.82) is 0 Å². The van der Waals surface area contributed by atoms with Crippen molar-refractivity contribution in [3.63, 3.8) is 0 Å². The zero-order valence-electron chi connectivity index (χ0n) is 26.1. The Labute approximate surface area is 278 Å². The normalized spacial score (nSPS) is 11.3. The molecule has 0 aliphatic rings. The number of hydrogen-bond acceptors (Lipinski definition) is 3. The number of benzene rings is 7. The molecule has 3 heteroatoms. The Kier molecular flexibility index (Phi) is 6.80. The molecule has 0 unspecified atom stereocenters. The molecule has 0 fully saturated rings. The summed E-state index contributed by atoms with van der Waals surface area (Å²) in [5.74, 6) is 0.696. The van der Waals surface area contributed by atoms with Crippen molar-refractivity contribution in [2.45, 2.75) is 0 Å². The van der Waals surface area contributed by atoms with Gasteiger partial charge in [-0.05, 0) is 67.2 Å². The zero-order chi connectivity index (χ0) is 31.9. The van der Waals surface area contributed by atoms with Gasteiger partial charge in [0.15, 0.2) is 5.82 Å². The second-order valence-corrected chi connectivity index (χ2v) is 12.0. The van der Waals surface area contributed by atoms with Crippen molar-refractivity contribution in [3.8, 4) is 56.2 Å². The predicted molar refractivity (Wildman–Crippen MR) is 200 cm³/mol. The Morgan fingerprint density at radius 2 is 0.854 bits per heavy atom. The van der Waals surface area contributed by atoms with Gasteiger partial charge in [0, 0.05) is 34.6 Å². The summed E-state index contributed by atoms with van der Waals surface area (Å²) < 4.78 is 0. The monoisotopic (exact) mass is 611 g/mol. The van der Waals surface area contributed by atoms with E-state index in [1.807, 2.05) is 30.5 Å². The first-order valence-corrected chi connectivity index (χ1v) is 16.2. The minimum absolute atomic E-state index is 0.696. The van der Waals surface area contributed by atoms with E-state index >= 15 is 0 Å². The predicted octanol–water partition coefficient (Wildman–Crippen LogP) is 11.7. The number of fused-ring (bicyclic) bond motifs is 6. The maximum absolute atomic E-state index is 5.09. The van der Waals surface area contributed by atoms with E-state index in [1.165, 1.54) is 37.9 Å². The van der Waals surface area contributed by atoms with Crippen LogP contribution in [-0.4, -0.2) is 15.0 Å². The van der Waals surface area contributed by atoms with E-state index in [4.69, 9.17) is 9.97 Å². The van der Waals surface area contributed by atoms with Crippen LogP contribution < -0.4 is 0 Å². The Morgan fingerprint density at radius 1 is 0.312 bits per heavy atom. The third-order valence-corrected chi connectivity index (χ3v) is 9.19. The van der Waals surface area contributed by atoms with Gasteiger partial charge in [0.2, 0.25) is 0 Å². The summed E-state index contributed by atoms with van der Waals surface area (Å²) in [5.41, 5.74) is 9.29. The molecule has 224 valence electrons. The van der Waals surface area contributed by atoms with E-state index in [1.54, 1.807) is 6.20 Å². The lowest BCUT2D eigenvalue weighted by Crippen LogP contribution is -1.97. The van der Waals surface area contributed by atoms with Crippen LogP contribution in [0.3, 0.4) is 0 Å². The Bertz CT molecular complexity index is 2560. The third-order valence-electron chi connectivity index (χ3n) is 9.19. The van der Waals surface area contributed by atoms with Gasteiger partial charge in [0.05, 0.1) is 11.4 Å². The molecular formula is C45H29N3. The van der Waals surface area contributed by atoms with Gasteiger partial charge in [-0.15, -0.1) is 0 Å². The van der Waals surface area contributed by atoms with Crippen molar-refractivity contribution in [3.05, 3.63) is 176 Å². The second-order valence-electron chi connectivity index (χ2n) is 12.0. The largest absolute Gasteiger partial charge is 0.264 e. The molecule has 0 atom stereocenters. The standard InChI is InChI=1S/C45H29N3/c1-2-11-32(12-3-1)45-47-43(28-44(48-45)41-19-9-4-14-35(41)34-13-10-26-46-29-34)31-22-20-30(21-23-31)33-24-25-40-38-17-6-5-15-36(38)37-16-7-8-18-39(37)42(40)27-33/h1-29H. The van der Waals surface area contributed by atoms with Crippen LogP contribution in [0.1, 0.15) is 0 Å². The summed E-state index contributed by atoms with van der Waals surface area (Å²) in [4.78, 5) is 14.6. The van der Waals surface area contributed by atoms with Crippen LogP contribution in [0.4, 0.5) is 0 Å². The lowest BCUT2D eigenvalue weighted by atomic mass is 9.92. The Hall–Kier alpha value is -6.45. The quantitative estimate of drug-likeness (QED) is 0.182. The van der Waals surface area contributed by atoms with Crippen molar-refractivity contribution in [2.24, 2.45) is 0 Å². The van der Waals surface area contributed by atoms with Gasteiger partial charge in [-0.1, -0.05) is 146 Å². The van der Waals surface area contributed by atoms with Gasteiger partial charge in [-0.3, -0.25) is 4.98 Å². The molecule has 0 amide bonds. The maximum Gasteiger partial charge on any atom is 0.160 e. The molecule has 0 aliphatic carbocycles. The van der Waals surface area contributed by atoms with Crippen LogP contribution in [0.15, 0.2) is 176 Å². The summed E-state index contributed by atoms with van der Waals surface area (Å²) in [7, 11) is 0. The highest BCUT2D eigenvalue weighted by Gasteiger charge is 2.15. The van der Waals surface area contributed by atoms with Gasteiger partial charge in [-0.25, -0.2) is 9.97 Å². The molecule has 9 rings (SSSR count). The topological polar surface area (TPSA) is 38.7 Å². The molecule has 2 heterocycles. The van der Waals surface area contributed by atoms with Crippen molar-refractivity contribution >= 4 is 32.3 Å². The number of nitrogens with zero attached hydrogens (tertiary/aromatic N) is 3. The zero-order valence-corrected chi connectivity index (χ0v) is 26.1. The van der Waals surface area contributed by atoms with Crippen LogP contribution in [0.5, 0.6) is 0 Å². The molecule has 2 aromatic heterocycles. The van der Waals surface area contributed by atoms with Crippen LogP contribution in [-0.2, 0) is 0 Å². The summed E-state index contributed by atoms with van der Waals surface area (Å²) in [6.45, 7) is 0. The first-order chi connectivity index (χ1) is 23.8. The minimum atomic E-state index is 0.696. The summed E-state index contributed by atoms with van der Waals surface area (Å²) in [6, 6.07) is 57.7. The fraction of sp³-hybridized carbons (Fsp3) is 0. The van der Waals surface area contributed by atoms with E-state index in [2.05, 4.69) is 145 Å². The average molecular weight is 612 g/mol. The van der Waals surface area contributed by atoms with Crippen molar-refractivity contribution < 1.29 is 0 Å². The van der Waals surface area contributed by atoms with Crippen molar-refractivity contribution in [2.75, 3.05) is 0 Å². The lowest BCUT2D eigenvalue weighted by Gasteiger charge is -2.13. The van der Waals surface area contributed by atoms with Crippen molar-refractivity contribution in [1.82, 2.24) is 15.0 Å². The van der Waals surface area contributed by atoms with Crippen LogP contribution in [0.2, 0.25) is 0 Å². The molecule has 0 N–H and O–H groups in total. The first kappa shape index (κ1) is 27.8. The summed E-state index contributed by atoms with van der Waals surface area (Å²) in [6.07, 6.45) is 3.70. The van der Waals surface area contributed by atoms with Gasteiger partial charge in [0.25, 0.3) is 0 Å². The van der Waals surface area contributed by atoms with Crippen LogP contribution >= 0.6 is 0 Å². The smallest absolute Gasteiger partial charge is 0.160 e. The van der Waals surface area contributed by atoms with Crippen LogP contribution in [0, 0.1) is 0 Å². The SMILES string of the molecule is c1ccc(-c2nc(-c3ccc(-c4ccc5c6ccccc6c6ccccc6c5c4)cc3)cc(-c3ccccc3-c3cccnc3)n2)cc1. The minimum Gasteiger partial charge on any atom is -0.264 e. The van der Waals surface area contributed by atoms with E-state index < -0.39 is 0 Å². The van der Waals surface area contributed by atoms with E-state index in [0.29, 0.717) is 5.82 Å². The lowest BCUT2D eigenvalue weighted by molar-refractivity contribution is 1.18. The van der Waals surface area contributed by atoms with Crippen LogP contribution in [0.25, 0.3) is 88.5 Å². The van der Waals surface area contributed by atoms with Gasteiger partial charge in [-0.2, -0.15) is 0 Å². The molecule has 9 aromatic rings. The highest BCUT2D eigenvalue weighted by Crippen LogP contribution is 2.38. The number of pyridine rings is 1. The summed E-state index contributed by atoms with van der Waals surface area (Å²) >= 11 is 0. The molecule has 0 saturated heterocycles. The molecule has 0 saturated carbocycles. The molecule has 7 aromatic carbocycles. The van der Waals surface area contributed by atoms with E-state index in [0.717, 1.165) is 44.8 Å².